The Morgan fingerprint density at radius 2 is 1.87 bits per heavy atom. The molecule has 1 fully saturated rings. The van der Waals surface area contributed by atoms with E-state index in [1.54, 1.807) is 12.1 Å². The molecule has 5 nitrogen and oxygen atoms in total. The predicted molar refractivity (Wildman–Crippen MR) is 119 cm³/mol. The molecule has 0 radical (unpaired) electrons. The number of amides is 2. The number of aryl methyl sites for hydroxylation is 1. The maximum absolute atomic E-state index is 13.2. The summed E-state index contributed by atoms with van der Waals surface area (Å²) in [6, 6.07) is 17.6. The number of anilines is 2. The Morgan fingerprint density at radius 3 is 2.63 bits per heavy atom. The van der Waals surface area contributed by atoms with Gasteiger partial charge in [-0.15, -0.1) is 23.1 Å². The predicted octanol–water partition coefficient (Wildman–Crippen LogP) is 4.39. The van der Waals surface area contributed by atoms with Gasteiger partial charge < -0.3 is 5.73 Å². The molecular formula is C23H17N3O2S2. The second kappa shape index (κ2) is 7.31. The van der Waals surface area contributed by atoms with Gasteiger partial charge in [0.25, 0.3) is 0 Å². The zero-order chi connectivity index (χ0) is 20.8. The van der Waals surface area contributed by atoms with Crippen LogP contribution in [0.5, 0.6) is 0 Å². The zero-order valence-electron chi connectivity index (χ0n) is 15.9. The van der Waals surface area contributed by atoms with Crippen molar-refractivity contribution in [1.29, 1.82) is 5.26 Å². The van der Waals surface area contributed by atoms with Crippen LogP contribution in [0.25, 0.3) is 10.4 Å². The van der Waals surface area contributed by atoms with Crippen molar-refractivity contribution in [2.75, 3.05) is 10.6 Å². The molecule has 2 N–H and O–H groups in total. The first-order chi connectivity index (χ1) is 14.6. The minimum Gasteiger partial charge on any atom is -0.399 e. The molecule has 1 saturated heterocycles. The molecule has 1 unspecified atom stereocenters. The maximum atomic E-state index is 13.2. The highest BCUT2D eigenvalue weighted by molar-refractivity contribution is 8.00. The van der Waals surface area contributed by atoms with Gasteiger partial charge >= 0.3 is 0 Å². The first-order valence-electron chi connectivity index (χ1n) is 9.60. The minimum atomic E-state index is -0.501. The summed E-state index contributed by atoms with van der Waals surface area (Å²) in [5.41, 5.74) is 10.1. The van der Waals surface area contributed by atoms with Crippen LogP contribution < -0.4 is 10.6 Å². The van der Waals surface area contributed by atoms with Gasteiger partial charge in [-0.2, -0.15) is 5.26 Å². The number of fused-ring (bicyclic) bond motifs is 3. The molecule has 5 rings (SSSR count). The van der Waals surface area contributed by atoms with Crippen LogP contribution in [0.1, 0.15) is 23.1 Å². The molecule has 7 heteroatoms. The molecule has 0 bridgehead atoms. The Hall–Kier alpha value is -3.08. The monoisotopic (exact) mass is 431 g/mol. The van der Waals surface area contributed by atoms with Crippen molar-refractivity contribution in [3.8, 4) is 16.5 Å². The van der Waals surface area contributed by atoms with E-state index in [-0.39, 0.29) is 18.2 Å². The Labute approximate surface area is 182 Å². The van der Waals surface area contributed by atoms with Crippen LogP contribution in [0.15, 0.2) is 53.4 Å². The van der Waals surface area contributed by atoms with Gasteiger partial charge in [-0.25, -0.2) is 4.90 Å². The molecular weight excluding hydrogens is 414 g/mol. The molecule has 2 amide bonds. The number of nitrogens with two attached hydrogens (primary N) is 1. The van der Waals surface area contributed by atoms with Crippen molar-refractivity contribution >= 4 is 45.6 Å². The van der Waals surface area contributed by atoms with Gasteiger partial charge in [0, 0.05) is 21.9 Å². The van der Waals surface area contributed by atoms with Gasteiger partial charge in [0.15, 0.2) is 0 Å². The van der Waals surface area contributed by atoms with E-state index in [9.17, 15) is 14.9 Å². The number of carbonyl (C=O) groups excluding carboxylic acids is 2. The third kappa shape index (κ3) is 3.00. The van der Waals surface area contributed by atoms with Crippen LogP contribution in [0.3, 0.4) is 0 Å². The molecule has 1 aliphatic heterocycles. The Bertz CT molecular complexity index is 1220. The van der Waals surface area contributed by atoms with E-state index in [0.717, 1.165) is 33.7 Å². The lowest BCUT2D eigenvalue weighted by Crippen LogP contribution is -2.31. The second-order valence-electron chi connectivity index (χ2n) is 7.31. The summed E-state index contributed by atoms with van der Waals surface area (Å²) in [5, 5.41) is 9.83. The van der Waals surface area contributed by atoms with Crippen LogP contribution in [-0.2, 0) is 22.4 Å². The van der Waals surface area contributed by atoms with E-state index >= 15 is 0 Å². The molecule has 0 saturated carbocycles. The first-order valence-corrected chi connectivity index (χ1v) is 11.3. The molecule has 3 aromatic rings. The average Bonchev–Trinajstić information content (AvgIpc) is 3.25. The normalized spacial score (nSPS) is 17.6. The van der Waals surface area contributed by atoms with Gasteiger partial charge in [-0.1, -0.05) is 24.3 Å². The van der Waals surface area contributed by atoms with Crippen molar-refractivity contribution in [2.45, 2.75) is 29.4 Å². The third-order valence-corrected chi connectivity index (χ3v) is 7.92. The summed E-state index contributed by atoms with van der Waals surface area (Å²) >= 11 is 2.74. The van der Waals surface area contributed by atoms with Crippen LogP contribution >= 0.6 is 23.1 Å². The van der Waals surface area contributed by atoms with Crippen molar-refractivity contribution in [1.82, 2.24) is 0 Å². The van der Waals surface area contributed by atoms with E-state index in [2.05, 4.69) is 12.1 Å². The van der Waals surface area contributed by atoms with Crippen LogP contribution in [0.4, 0.5) is 10.7 Å². The summed E-state index contributed by atoms with van der Waals surface area (Å²) in [6.07, 6.45) is 1.72. The summed E-state index contributed by atoms with van der Waals surface area (Å²) in [7, 11) is 0. The fourth-order valence-corrected chi connectivity index (χ4v) is 6.46. The number of imide groups is 1. The van der Waals surface area contributed by atoms with Crippen LogP contribution in [-0.4, -0.2) is 17.1 Å². The smallest absolute Gasteiger partial charge is 0.248 e. The lowest BCUT2D eigenvalue weighted by molar-refractivity contribution is -0.121. The van der Waals surface area contributed by atoms with Crippen molar-refractivity contribution in [2.24, 2.45) is 0 Å². The fourth-order valence-electron chi connectivity index (χ4n) is 4.02. The number of nitrogen functional groups attached to an aromatic ring is 1. The zero-order valence-corrected chi connectivity index (χ0v) is 17.6. The molecule has 148 valence electrons. The molecule has 1 aliphatic carbocycles. The molecule has 30 heavy (non-hydrogen) atoms. The van der Waals surface area contributed by atoms with Gasteiger partial charge in [0.1, 0.15) is 11.1 Å². The molecule has 2 aliphatic rings. The third-order valence-electron chi connectivity index (χ3n) is 5.47. The summed E-state index contributed by atoms with van der Waals surface area (Å²) in [4.78, 5) is 29.1. The molecule has 2 aromatic carbocycles. The van der Waals surface area contributed by atoms with Crippen molar-refractivity contribution < 1.29 is 9.59 Å². The topological polar surface area (TPSA) is 87.2 Å². The minimum absolute atomic E-state index is 0.123. The Morgan fingerprint density at radius 1 is 1.10 bits per heavy atom. The summed E-state index contributed by atoms with van der Waals surface area (Å²) in [5.74, 6) is -0.512. The van der Waals surface area contributed by atoms with E-state index in [0.29, 0.717) is 16.3 Å². The first kappa shape index (κ1) is 18.9. The highest BCUT2D eigenvalue weighted by atomic mass is 32.2. The maximum Gasteiger partial charge on any atom is 0.248 e. The lowest BCUT2D eigenvalue weighted by atomic mass is 9.89. The largest absolute Gasteiger partial charge is 0.399 e. The fraction of sp³-hybridized carbons (Fsp3) is 0.174. The Kier molecular flexibility index (Phi) is 4.61. The van der Waals surface area contributed by atoms with E-state index in [4.69, 9.17) is 5.73 Å². The number of hydrogen-bond acceptors (Lipinski definition) is 6. The number of rotatable bonds is 3. The van der Waals surface area contributed by atoms with Crippen LogP contribution in [0, 0.1) is 11.3 Å². The molecule has 0 spiro atoms. The molecule has 1 aromatic heterocycles. The number of thiophene rings is 1. The standard InChI is InChI=1S/C23H17N3O2S2/c24-12-18-17-10-5-13-3-1-2-4-16(13)21(17)30-23(18)26-20(27)11-19(22(26)28)29-15-8-6-14(25)7-9-15/h1-4,6-9,19H,5,10-11,25H2. The quantitative estimate of drug-likeness (QED) is 0.491. The average molecular weight is 432 g/mol. The van der Waals surface area contributed by atoms with Gasteiger partial charge in [0.2, 0.25) is 11.8 Å². The number of carbonyl (C=O) groups is 2. The van der Waals surface area contributed by atoms with Crippen LogP contribution in [0.2, 0.25) is 0 Å². The van der Waals surface area contributed by atoms with Crippen molar-refractivity contribution in [3.63, 3.8) is 0 Å². The summed E-state index contributed by atoms with van der Waals surface area (Å²) in [6.45, 7) is 0. The number of benzene rings is 2. The van der Waals surface area contributed by atoms with E-state index in [1.807, 2.05) is 30.3 Å². The van der Waals surface area contributed by atoms with Gasteiger partial charge in [-0.05, 0) is 53.8 Å². The SMILES string of the molecule is N#Cc1c(N2C(=O)CC(Sc3ccc(N)cc3)C2=O)sc2c1CCc1ccccc1-2. The number of nitriles is 1. The van der Waals surface area contributed by atoms with E-state index in [1.165, 1.54) is 33.6 Å². The lowest BCUT2D eigenvalue weighted by Gasteiger charge is -2.15. The highest BCUT2D eigenvalue weighted by Crippen LogP contribution is 2.48. The van der Waals surface area contributed by atoms with Gasteiger partial charge in [-0.3, -0.25) is 9.59 Å². The highest BCUT2D eigenvalue weighted by Gasteiger charge is 2.43. The Balaban J connectivity index is 1.51. The van der Waals surface area contributed by atoms with Gasteiger partial charge in [0.05, 0.1) is 10.8 Å². The second-order valence-corrected chi connectivity index (χ2v) is 9.58. The van der Waals surface area contributed by atoms with Crippen molar-refractivity contribution in [3.05, 3.63) is 65.2 Å². The van der Waals surface area contributed by atoms with E-state index < -0.39 is 5.25 Å². The molecule has 2 heterocycles. The number of thioether (sulfide) groups is 1. The molecule has 1 atom stereocenters. The number of nitrogens with zero attached hydrogens (tertiary/aromatic N) is 2. The summed E-state index contributed by atoms with van der Waals surface area (Å²) < 4.78 is 0. The number of hydrogen-bond donors (Lipinski definition) is 1.